The summed E-state index contributed by atoms with van der Waals surface area (Å²) in [5.41, 5.74) is 6.56. The molecule has 2 N–H and O–H groups in total. The molecule has 1 atom stereocenters. The van der Waals surface area contributed by atoms with Crippen LogP contribution in [0.2, 0.25) is 0 Å². The van der Waals surface area contributed by atoms with Crippen molar-refractivity contribution < 1.29 is 9.13 Å². The fourth-order valence-electron chi connectivity index (χ4n) is 2.37. The third kappa shape index (κ3) is 2.73. The largest absolute Gasteiger partial charge is 0.456 e. The van der Waals surface area contributed by atoms with Crippen molar-refractivity contribution in [2.45, 2.75) is 13.0 Å². The molecule has 0 saturated heterocycles. The van der Waals surface area contributed by atoms with E-state index in [2.05, 4.69) is 0 Å². The monoisotopic (exact) mass is 281 g/mol. The molecule has 3 aromatic rings. The Morgan fingerprint density at radius 3 is 2.52 bits per heavy atom. The molecule has 3 rings (SSSR count). The smallest absolute Gasteiger partial charge is 0.135 e. The molecule has 0 amide bonds. The maximum absolute atomic E-state index is 13.4. The molecule has 0 spiro atoms. The van der Waals surface area contributed by atoms with Crippen LogP contribution in [0.4, 0.5) is 4.39 Å². The maximum atomic E-state index is 13.4. The van der Waals surface area contributed by atoms with Crippen molar-refractivity contribution in [3.05, 3.63) is 72.0 Å². The van der Waals surface area contributed by atoms with Gasteiger partial charge in [-0.05, 0) is 36.6 Å². The van der Waals surface area contributed by atoms with Crippen LogP contribution in [0, 0.1) is 5.82 Å². The summed E-state index contributed by atoms with van der Waals surface area (Å²) in [7, 11) is 0. The van der Waals surface area contributed by atoms with Crippen LogP contribution >= 0.6 is 0 Å². The van der Waals surface area contributed by atoms with Crippen LogP contribution in [0.3, 0.4) is 0 Å². The van der Waals surface area contributed by atoms with Gasteiger partial charge in [0.05, 0.1) is 0 Å². The zero-order valence-corrected chi connectivity index (χ0v) is 11.7. The van der Waals surface area contributed by atoms with Gasteiger partial charge in [0.2, 0.25) is 0 Å². The van der Waals surface area contributed by atoms with Crippen molar-refractivity contribution in [2.24, 2.45) is 5.73 Å². The van der Waals surface area contributed by atoms with Gasteiger partial charge in [-0.3, -0.25) is 0 Å². The molecular formula is C18H16FNO. The number of hydrogen-bond donors (Lipinski definition) is 1. The third-order valence-electron chi connectivity index (χ3n) is 3.43. The third-order valence-corrected chi connectivity index (χ3v) is 3.43. The zero-order chi connectivity index (χ0) is 14.8. The SMILES string of the molecule is CC(N)c1cc(F)ccc1Oc1cccc2ccccc12. The van der Waals surface area contributed by atoms with E-state index in [0.29, 0.717) is 11.3 Å². The van der Waals surface area contributed by atoms with E-state index in [0.717, 1.165) is 16.5 Å². The Bertz CT molecular complexity index is 778. The van der Waals surface area contributed by atoms with Gasteiger partial charge in [0.1, 0.15) is 17.3 Å². The summed E-state index contributed by atoms with van der Waals surface area (Å²) < 4.78 is 19.4. The van der Waals surface area contributed by atoms with Crippen molar-refractivity contribution in [3.63, 3.8) is 0 Å². The van der Waals surface area contributed by atoms with E-state index in [1.165, 1.54) is 12.1 Å². The predicted molar refractivity (Wildman–Crippen MR) is 83.0 cm³/mol. The molecule has 0 aliphatic carbocycles. The Hall–Kier alpha value is -2.39. The second-order valence-corrected chi connectivity index (χ2v) is 5.05. The lowest BCUT2D eigenvalue weighted by atomic mass is 10.1. The quantitative estimate of drug-likeness (QED) is 0.749. The fourth-order valence-corrected chi connectivity index (χ4v) is 2.37. The summed E-state index contributed by atoms with van der Waals surface area (Å²) in [5.74, 6) is 1.01. The first-order valence-electron chi connectivity index (χ1n) is 6.86. The topological polar surface area (TPSA) is 35.2 Å². The van der Waals surface area contributed by atoms with Crippen molar-refractivity contribution in [2.75, 3.05) is 0 Å². The summed E-state index contributed by atoms with van der Waals surface area (Å²) in [6, 6.07) is 18.0. The summed E-state index contributed by atoms with van der Waals surface area (Å²) in [6.45, 7) is 1.81. The minimum atomic E-state index is -0.312. The summed E-state index contributed by atoms with van der Waals surface area (Å²) in [4.78, 5) is 0. The van der Waals surface area contributed by atoms with Crippen LogP contribution in [0.25, 0.3) is 10.8 Å². The molecule has 0 radical (unpaired) electrons. The van der Waals surface area contributed by atoms with Crippen LogP contribution < -0.4 is 10.5 Å². The van der Waals surface area contributed by atoms with Crippen LogP contribution in [-0.2, 0) is 0 Å². The molecule has 2 nitrogen and oxygen atoms in total. The summed E-state index contributed by atoms with van der Waals surface area (Å²) in [6.07, 6.45) is 0. The average Bonchev–Trinajstić information content (AvgIpc) is 2.49. The number of nitrogens with two attached hydrogens (primary N) is 1. The highest BCUT2D eigenvalue weighted by molar-refractivity contribution is 5.88. The highest BCUT2D eigenvalue weighted by Crippen LogP contribution is 2.33. The normalized spacial score (nSPS) is 12.3. The molecule has 0 bridgehead atoms. The molecule has 0 aliphatic rings. The molecule has 3 heteroatoms. The van der Waals surface area contributed by atoms with E-state index in [1.54, 1.807) is 6.07 Å². The van der Waals surface area contributed by atoms with Crippen LogP contribution in [-0.4, -0.2) is 0 Å². The van der Waals surface area contributed by atoms with Gasteiger partial charge in [0, 0.05) is 17.0 Å². The Labute approximate surface area is 123 Å². The minimum absolute atomic E-state index is 0.300. The van der Waals surface area contributed by atoms with E-state index in [-0.39, 0.29) is 11.9 Å². The number of rotatable bonds is 3. The average molecular weight is 281 g/mol. The Kier molecular flexibility index (Phi) is 3.59. The number of hydrogen-bond acceptors (Lipinski definition) is 2. The highest BCUT2D eigenvalue weighted by atomic mass is 19.1. The first kappa shape index (κ1) is 13.6. The Morgan fingerprint density at radius 1 is 0.952 bits per heavy atom. The lowest BCUT2D eigenvalue weighted by Crippen LogP contribution is -2.07. The van der Waals surface area contributed by atoms with Crippen molar-refractivity contribution in [1.29, 1.82) is 0 Å². The molecule has 0 heterocycles. The number of halogens is 1. The first-order valence-corrected chi connectivity index (χ1v) is 6.86. The number of ether oxygens (including phenoxy) is 1. The van der Waals surface area contributed by atoms with E-state index in [1.807, 2.05) is 49.4 Å². The van der Waals surface area contributed by atoms with E-state index < -0.39 is 0 Å². The Morgan fingerprint density at radius 2 is 1.71 bits per heavy atom. The predicted octanol–water partition coefficient (Wildman–Crippen LogP) is 4.79. The van der Waals surface area contributed by atoms with Crippen molar-refractivity contribution >= 4 is 10.8 Å². The molecule has 1 unspecified atom stereocenters. The van der Waals surface area contributed by atoms with Gasteiger partial charge >= 0.3 is 0 Å². The molecule has 0 aliphatic heterocycles. The second kappa shape index (κ2) is 5.54. The van der Waals surface area contributed by atoms with E-state index in [4.69, 9.17) is 10.5 Å². The molecule has 21 heavy (non-hydrogen) atoms. The van der Waals surface area contributed by atoms with Gasteiger partial charge in [-0.25, -0.2) is 4.39 Å². The fraction of sp³-hybridized carbons (Fsp3) is 0.111. The number of fused-ring (bicyclic) bond motifs is 1. The molecular weight excluding hydrogens is 265 g/mol. The van der Waals surface area contributed by atoms with Gasteiger partial charge in [-0.1, -0.05) is 36.4 Å². The van der Waals surface area contributed by atoms with Crippen molar-refractivity contribution in [3.8, 4) is 11.5 Å². The lowest BCUT2D eigenvalue weighted by molar-refractivity contribution is 0.474. The lowest BCUT2D eigenvalue weighted by Gasteiger charge is -2.15. The van der Waals surface area contributed by atoms with Gasteiger partial charge in [0.15, 0.2) is 0 Å². The molecule has 0 fully saturated rings. The zero-order valence-electron chi connectivity index (χ0n) is 11.7. The standard InChI is InChI=1S/C18H16FNO/c1-12(20)16-11-14(19)9-10-18(16)21-17-8-4-6-13-5-2-3-7-15(13)17/h2-12H,20H2,1H3. The second-order valence-electron chi connectivity index (χ2n) is 5.05. The first-order chi connectivity index (χ1) is 10.1. The Balaban J connectivity index is 2.07. The summed E-state index contributed by atoms with van der Waals surface area (Å²) in [5, 5.41) is 2.11. The van der Waals surface area contributed by atoms with Crippen LogP contribution in [0.15, 0.2) is 60.7 Å². The van der Waals surface area contributed by atoms with Crippen LogP contribution in [0.1, 0.15) is 18.5 Å². The highest BCUT2D eigenvalue weighted by Gasteiger charge is 2.11. The maximum Gasteiger partial charge on any atom is 0.135 e. The molecule has 106 valence electrons. The molecule has 0 saturated carbocycles. The minimum Gasteiger partial charge on any atom is -0.456 e. The van der Waals surface area contributed by atoms with Gasteiger partial charge in [0.25, 0.3) is 0 Å². The van der Waals surface area contributed by atoms with Crippen molar-refractivity contribution in [1.82, 2.24) is 0 Å². The molecule has 3 aromatic carbocycles. The number of benzene rings is 3. The van der Waals surface area contributed by atoms with Gasteiger partial charge in [-0.2, -0.15) is 0 Å². The van der Waals surface area contributed by atoms with Gasteiger partial charge in [-0.15, -0.1) is 0 Å². The van der Waals surface area contributed by atoms with Crippen LogP contribution in [0.5, 0.6) is 11.5 Å². The van der Waals surface area contributed by atoms with E-state index in [9.17, 15) is 4.39 Å². The molecule has 0 aromatic heterocycles. The van der Waals surface area contributed by atoms with E-state index >= 15 is 0 Å². The summed E-state index contributed by atoms with van der Waals surface area (Å²) >= 11 is 0. The van der Waals surface area contributed by atoms with Gasteiger partial charge < -0.3 is 10.5 Å².